The molecule has 1 aromatic rings. The van der Waals surface area contributed by atoms with Crippen LogP contribution in [0.3, 0.4) is 0 Å². The number of hydrogen-bond acceptors (Lipinski definition) is 3. The van der Waals surface area contributed by atoms with Crippen molar-refractivity contribution in [2.75, 3.05) is 26.3 Å². The molecule has 1 saturated heterocycles. The normalized spacial score (nSPS) is 22.3. The van der Waals surface area contributed by atoms with Gasteiger partial charge < -0.3 is 14.4 Å². The highest BCUT2D eigenvalue weighted by Gasteiger charge is 2.23. The summed E-state index contributed by atoms with van der Waals surface area (Å²) in [6.07, 6.45) is 2.93. The molecule has 0 N–H and O–H groups in total. The molecule has 4 nitrogen and oxygen atoms in total. The second-order valence-electron chi connectivity index (χ2n) is 6.60. The molecule has 1 aromatic carbocycles. The summed E-state index contributed by atoms with van der Waals surface area (Å²) in [5.41, 5.74) is 1.14. The predicted molar refractivity (Wildman–Crippen MR) is 85.4 cm³/mol. The van der Waals surface area contributed by atoms with Crippen molar-refractivity contribution in [3.05, 3.63) is 23.8 Å². The van der Waals surface area contributed by atoms with Crippen LogP contribution in [-0.4, -0.2) is 37.1 Å². The average molecular weight is 303 g/mol. The Morgan fingerprint density at radius 1 is 1.32 bits per heavy atom. The fourth-order valence-corrected chi connectivity index (χ4v) is 3.29. The molecule has 0 radical (unpaired) electrons. The number of nitrogens with zero attached hydrogens (tertiary/aromatic N) is 1. The highest BCUT2D eigenvalue weighted by molar-refractivity contribution is 5.77. The summed E-state index contributed by atoms with van der Waals surface area (Å²) in [6.45, 7) is 7.35. The summed E-state index contributed by atoms with van der Waals surface area (Å²) in [5.74, 6) is 2.70. The summed E-state index contributed by atoms with van der Waals surface area (Å²) in [5, 5.41) is 0. The van der Waals surface area contributed by atoms with Gasteiger partial charge in [-0.15, -0.1) is 0 Å². The lowest BCUT2D eigenvalue weighted by Gasteiger charge is -2.31. The van der Waals surface area contributed by atoms with Crippen LogP contribution in [0.1, 0.15) is 44.6 Å². The molecule has 0 bridgehead atoms. The smallest absolute Gasteiger partial charge is 0.223 e. The quantitative estimate of drug-likeness (QED) is 0.860. The van der Waals surface area contributed by atoms with Crippen molar-refractivity contribution >= 4 is 5.91 Å². The lowest BCUT2D eigenvalue weighted by molar-refractivity contribution is -0.133. The van der Waals surface area contributed by atoms with E-state index in [4.69, 9.17) is 9.47 Å². The molecule has 2 heterocycles. The number of amides is 1. The first-order valence-corrected chi connectivity index (χ1v) is 8.31. The monoisotopic (exact) mass is 303 g/mol. The van der Waals surface area contributed by atoms with Crippen LogP contribution >= 0.6 is 0 Å². The Balaban J connectivity index is 1.63. The van der Waals surface area contributed by atoms with Crippen LogP contribution in [-0.2, 0) is 4.79 Å². The van der Waals surface area contributed by atoms with E-state index in [0.29, 0.717) is 25.6 Å². The van der Waals surface area contributed by atoms with Crippen molar-refractivity contribution in [3.63, 3.8) is 0 Å². The number of carbonyl (C=O) groups is 1. The summed E-state index contributed by atoms with van der Waals surface area (Å²) < 4.78 is 11.2. The van der Waals surface area contributed by atoms with Gasteiger partial charge in [-0.05, 0) is 42.4 Å². The van der Waals surface area contributed by atoms with E-state index in [-0.39, 0.29) is 11.8 Å². The topological polar surface area (TPSA) is 38.8 Å². The molecule has 3 rings (SSSR count). The third-order valence-electron chi connectivity index (χ3n) is 4.63. The van der Waals surface area contributed by atoms with E-state index >= 15 is 0 Å². The minimum Gasteiger partial charge on any atom is -0.486 e. The van der Waals surface area contributed by atoms with Crippen LogP contribution in [0.5, 0.6) is 11.5 Å². The molecule has 2 aliphatic rings. The Kier molecular flexibility index (Phi) is 4.55. The number of hydrogen-bond donors (Lipinski definition) is 0. The number of rotatable bonds is 3. The number of benzene rings is 1. The fourth-order valence-electron chi connectivity index (χ4n) is 3.29. The van der Waals surface area contributed by atoms with Gasteiger partial charge in [0.1, 0.15) is 13.2 Å². The predicted octanol–water partition coefficient (Wildman–Crippen LogP) is 3.21. The van der Waals surface area contributed by atoms with Crippen molar-refractivity contribution in [2.24, 2.45) is 5.92 Å². The van der Waals surface area contributed by atoms with Crippen LogP contribution in [0, 0.1) is 5.92 Å². The van der Waals surface area contributed by atoms with Gasteiger partial charge in [-0.1, -0.05) is 19.9 Å². The Morgan fingerprint density at radius 2 is 2.09 bits per heavy atom. The SMILES string of the molecule is CC1CCCN(C(=O)CC(C)c2ccc3c(c2)OCCO3)C1. The van der Waals surface area contributed by atoms with E-state index in [2.05, 4.69) is 13.8 Å². The van der Waals surface area contributed by atoms with Gasteiger partial charge in [-0.3, -0.25) is 4.79 Å². The maximum absolute atomic E-state index is 12.5. The minimum absolute atomic E-state index is 0.195. The van der Waals surface area contributed by atoms with Crippen molar-refractivity contribution in [1.29, 1.82) is 0 Å². The van der Waals surface area contributed by atoms with Gasteiger partial charge in [-0.2, -0.15) is 0 Å². The summed E-state index contributed by atoms with van der Waals surface area (Å²) in [4.78, 5) is 14.5. The maximum atomic E-state index is 12.5. The second kappa shape index (κ2) is 6.59. The standard InChI is InChI=1S/C18H25NO3/c1-13-4-3-7-19(12-13)18(20)10-14(2)15-5-6-16-17(11-15)22-9-8-21-16/h5-6,11,13-14H,3-4,7-10,12H2,1-2H3. The molecule has 0 spiro atoms. The Bertz CT molecular complexity index is 543. The number of carbonyl (C=O) groups excluding carboxylic acids is 1. The van der Waals surface area contributed by atoms with Gasteiger partial charge in [0.15, 0.2) is 11.5 Å². The van der Waals surface area contributed by atoms with E-state index in [0.717, 1.165) is 36.6 Å². The van der Waals surface area contributed by atoms with Crippen molar-refractivity contribution in [2.45, 2.75) is 39.0 Å². The summed E-state index contributed by atoms with van der Waals surface area (Å²) in [7, 11) is 0. The molecule has 22 heavy (non-hydrogen) atoms. The Labute approximate surface area is 132 Å². The third kappa shape index (κ3) is 3.37. The van der Waals surface area contributed by atoms with Crippen LogP contribution in [0.15, 0.2) is 18.2 Å². The molecule has 0 saturated carbocycles. The third-order valence-corrected chi connectivity index (χ3v) is 4.63. The largest absolute Gasteiger partial charge is 0.486 e. The van der Waals surface area contributed by atoms with E-state index in [9.17, 15) is 4.79 Å². The van der Waals surface area contributed by atoms with Gasteiger partial charge in [0, 0.05) is 19.5 Å². The van der Waals surface area contributed by atoms with E-state index in [1.165, 1.54) is 6.42 Å². The first-order chi connectivity index (χ1) is 10.6. The van der Waals surface area contributed by atoms with Gasteiger partial charge in [0.25, 0.3) is 0 Å². The van der Waals surface area contributed by atoms with Crippen LogP contribution < -0.4 is 9.47 Å². The van der Waals surface area contributed by atoms with Gasteiger partial charge in [-0.25, -0.2) is 0 Å². The molecule has 1 amide bonds. The molecule has 2 aliphatic heterocycles. The zero-order chi connectivity index (χ0) is 15.5. The first kappa shape index (κ1) is 15.2. The zero-order valence-electron chi connectivity index (χ0n) is 13.5. The van der Waals surface area contributed by atoms with Gasteiger partial charge >= 0.3 is 0 Å². The molecular weight excluding hydrogens is 278 g/mol. The Morgan fingerprint density at radius 3 is 2.86 bits per heavy atom. The summed E-state index contributed by atoms with van der Waals surface area (Å²) >= 11 is 0. The molecule has 2 atom stereocenters. The molecular formula is C18H25NO3. The number of fused-ring (bicyclic) bond motifs is 1. The van der Waals surface area contributed by atoms with Crippen LogP contribution in [0.2, 0.25) is 0 Å². The van der Waals surface area contributed by atoms with E-state index < -0.39 is 0 Å². The van der Waals surface area contributed by atoms with E-state index in [1.54, 1.807) is 0 Å². The lowest BCUT2D eigenvalue weighted by atomic mass is 9.95. The highest BCUT2D eigenvalue weighted by atomic mass is 16.6. The minimum atomic E-state index is 0.195. The summed E-state index contributed by atoms with van der Waals surface area (Å²) in [6, 6.07) is 6.02. The average Bonchev–Trinajstić information content (AvgIpc) is 2.54. The van der Waals surface area contributed by atoms with Gasteiger partial charge in [0.2, 0.25) is 5.91 Å². The fraction of sp³-hybridized carbons (Fsp3) is 0.611. The van der Waals surface area contributed by atoms with Crippen molar-refractivity contribution in [1.82, 2.24) is 4.90 Å². The van der Waals surface area contributed by atoms with Gasteiger partial charge in [0.05, 0.1) is 0 Å². The molecule has 1 fully saturated rings. The Hall–Kier alpha value is -1.71. The molecule has 120 valence electrons. The zero-order valence-corrected chi connectivity index (χ0v) is 13.5. The van der Waals surface area contributed by atoms with Crippen molar-refractivity contribution < 1.29 is 14.3 Å². The van der Waals surface area contributed by atoms with Crippen LogP contribution in [0.25, 0.3) is 0 Å². The first-order valence-electron chi connectivity index (χ1n) is 8.31. The molecule has 0 aromatic heterocycles. The molecule has 2 unspecified atom stereocenters. The number of piperidine rings is 1. The van der Waals surface area contributed by atoms with Crippen molar-refractivity contribution in [3.8, 4) is 11.5 Å². The second-order valence-corrected chi connectivity index (χ2v) is 6.60. The molecule has 4 heteroatoms. The number of ether oxygens (including phenoxy) is 2. The van der Waals surface area contributed by atoms with E-state index in [1.807, 2.05) is 23.1 Å². The molecule has 0 aliphatic carbocycles. The maximum Gasteiger partial charge on any atom is 0.223 e. The number of likely N-dealkylation sites (tertiary alicyclic amines) is 1. The lowest BCUT2D eigenvalue weighted by Crippen LogP contribution is -2.39. The highest BCUT2D eigenvalue weighted by Crippen LogP contribution is 2.34. The van der Waals surface area contributed by atoms with Crippen LogP contribution in [0.4, 0.5) is 0 Å².